The molecule has 0 amide bonds. The third kappa shape index (κ3) is 10.1. The molecule has 0 spiro atoms. The maximum absolute atomic E-state index is 12.9. The van der Waals surface area contributed by atoms with Crippen LogP contribution in [0.5, 0.6) is 11.5 Å². The van der Waals surface area contributed by atoms with Crippen LogP contribution in [0.3, 0.4) is 0 Å². The number of rotatable bonds is 14. The number of methoxy groups -OCH3 is 1. The van der Waals surface area contributed by atoms with E-state index in [9.17, 15) is 19.2 Å². The molecule has 226 valence electrons. The van der Waals surface area contributed by atoms with Crippen molar-refractivity contribution in [2.24, 2.45) is 22.5 Å². The zero-order chi connectivity index (χ0) is 30.9. The Bertz CT molecular complexity index is 1050. The van der Waals surface area contributed by atoms with E-state index < -0.39 is 46.5 Å². The molecule has 0 heterocycles. The quantitative estimate of drug-likeness (QED) is 0.231. The Kier molecular flexibility index (Phi) is 12.6. The molecular formula is C30H47NO9. The number of benzene rings is 1. The van der Waals surface area contributed by atoms with Crippen molar-refractivity contribution in [2.75, 3.05) is 13.7 Å². The van der Waals surface area contributed by atoms with Gasteiger partial charge in [0.25, 0.3) is 0 Å². The Labute approximate surface area is 238 Å². The second-order valence-corrected chi connectivity index (χ2v) is 11.9. The van der Waals surface area contributed by atoms with E-state index >= 15 is 0 Å². The summed E-state index contributed by atoms with van der Waals surface area (Å²) in [6, 6.07) is 4.64. The van der Waals surface area contributed by atoms with Crippen molar-refractivity contribution >= 4 is 24.1 Å². The third-order valence-electron chi connectivity index (χ3n) is 6.88. The lowest BCUT2D eigenvalue weighted by Gasteiger charge is -2.29. The van der Waals surface area contributed by atoms with Gasteiger partial charge in [0.2, 0.25) is 0 Å². The Morgan fingerprint density at radius 3 is 1.85 bits per heavy atom. The molecule has 10 nitrogen and oxygen atoms in total. The predicted molar refractivity (Wildman–Crippen MR) is 150 cm³/mol. The second kappa shape index (κ2) is 14.5. The van der Waals surface area contributed by atoms with Gasteiger partial charge in [-0.3, -0.25) is 14.4 Å². The van der Waals surface area contributed by atoms with Crippen LogP contribution in [0.2, 0.25) is 0 Å². The van der Waals surface area contributed by atoms with Gasteiger partial charge >= 0.3 is 24.1 Å². The Hall–Kier alpha value is -3.14. The van der Waals surface area contributed by atoms with E-state index in [0.29, 0.717) is 18.4 Å². The summed E-state index contributed by atoms with van der Waals surface area (Å²) in [6.45, 7) is 16.3. The first-order chi connectivity index (χ1) is 18.4. The van der Waals surface area contributed by atoms with Crippen LogP contribution in [-0.4, -0.2) is 49.4 Å². The molecule has 2 N–H and O–H groups in total. The summed E-state index contributed by atoms with van der Waals surface area (Å²) in [7, 11) is 1.21. The Morgan fingerprint density at radius 1 is 0.850 bits per heavy atom. The summed E-state index contributed by atoms with van der Waals surface area (Å²) in [6.07, 6.45) is -0.692. The van der Waals surface area contributed by atoms with E-state index in [0.717, 1.165) is 0 Å². The van der Waals surface area contributed by atoms with Crippen molar-refractivity contribution in [1.82, 2.24) is 0 Å². The van der Waals surface area contributed by atoms with Gasteiger partial charge in [-0.15, -0.1) is 0 Å². The number of nitrogens with two attached hydrogens (primary N) is 1. The van der Waals surface area contributed by atoms with Crippen LogP contribution in [0.4, 0.5) is 4.79 Å². The van der Waals surface area contributed by atoms with Crippen LogP contribution in [0.25, 0.3) is 0 Å². The van der Waals surface area contributed by atoms with E-state index in [1.807, 2.05) is 27.7 Å². The molecule has 1 unspecified atom stereocenters. The van der Waals surface area contributed by atoms with Gasteiger partial charge in [0.15, 0.2) is 11.5 Å². The molecule has 1 rings (SSSR count). The average molecular weight is 566 g/mol. The largest absolute Gasteiger partial charge is 0.508 e. The number of ether oxygens (including phenoxy) is 5. The summed E-state index contributed by atoms with van der Waals surface area (Å²) >= 11 is 0. The highest BCUT2D eigenvalue weighted by atomic mass is 16.7. The van der Waals surface area contributed by atoms with Crippen LogP contribution in [0.1, 0.15) is 87.1 Å². The van der Waals surface area contributed by atoms with Crippen molar-refractivity contribution in [2.45, 2.75) is 99.6 Å². The van der Waals surface area contributed by atoms with Crippen molar-refractivity contribution in [1.29, 1.82) is 0 Å². The fourth-order valence-corrected chi connectivity index (χ4v) is 3.37. The van der Waals surface area contributed by atoms with Gasteiger partial charge < -0.3 is 29.4 Å². The van der Waals surface area contributed by atoms with Crippen LogP contribution < -0.4 is 15.2 Å². The number of hydrogen-bond acceptors (Lipinski definition) is 10. The molecular weight excluding hydrogens is 518 g/mol. The lowest BCUT2D eigenvalue weighted by atomic mass is 9.86. The second-order valence-electron chi connectivity index (χ2n) is 11.9. The summed E-state index contributed by atoms with van der Waals surface area (Å²) in [5.74, 6) is -1.47. The van der Waals surface area contributed by atoms with Gasteiger partial charge in [-0.25, -0.2) is 4.79 Å². The molecule has 0 aliphatic rings. The van der Waals surface area contributed by atoms with Crippen molar-refractivity contribution < 1.29 is 42.9 Å². The molecule has 1 aromatic rings. The molecule has 1 aromatic carbocycles. The summed E-state index contributed by atoms with van der Waals surface area (Å²) in [5, 5.41) is 0. The Balaban J connectivity index is 3.34. The zero-order valence-corrected chi connectivity index (χ0v) is 25.7. The van der Waals surface area contributed by atoms with Gasteiger partial charge in [0.05, 0.1) is 24.5 Å². The lowest BCUT2D eigenvalue weighted by Crippen LogP contribution is -2.53. The molecule has 0 aromatic heterocycles. The third-order valence-corrected chi connectivity index (χ3v) is 6.88. The number of carbonyl (C=O) groups excluding carboxylic acids is 4. The standard InChI is InChI=1S/C30H47NO9/c1-11-28(6,7)24(32)39-22-14-13-21(15-23(22)40-25(33)29(8,9)12-2)17-30(31,26(34)36-10)16-20(5)38-27(35)37-18-19(3)4/h13-15,19-20H,11-12,16-18,31H2,1-10H3/t20-,30?/m0/s1. The van der Waals surface area contributed by atoms with E-state index in [-0.39, 0.29) is 36.9 Å². The molecule has 0 bridgehead atoms. The maximum Gasteiger partial charge on any atom is 0.508 e. The van der Waals surface area contributed by atoms with Gasteiger partial charge in [-0.05, 0) is 71.1 Å². The monoisotopic (exact) mass is 565 g/mol. The molecule has 0 saturated heterocycles. The number of hydrogen-bond donors (Lipinski definition) is 1. The Morgan fingerprint density at radius 2 is 1.38 bits per heavy atom. The van der Waals surface area contributed by atoms with Gasteiger partial charge in [-0.1, -0.05) is 33.8 Å². The van der Waals surface area contributed by atoms with Crippen LogP contribution in [0.15, 0.2) is 18.2 Å². The molecule has 0 radical (unpaired) electrons. The molecule has 0 aliphatic carbocycles. The highest BCUT2D eigenvalue weighted by Crippen LogP contribution is 2.35. The molecule has 2 atom stereocenters. The first-order valence-corrected chi connectivity index (χ1v) is 13.7. The molecule has 0 saturated carbocycles. The van der Waals surface area contributed by atoms with Crippen molar-refractivity contribution in [3.63, 3.8) is 0 Å². The van der Waals surface area contributed by atoms with Gasteiger partial charge in [-0.2, -0.15) is 0 Å². The summed E-state index contributed by atoms with van der Waals surface area (Å²) < 4.78 is 26.6. The first kappa shape index (κ1) is 34.9. The fraction of sp³-hybridized carbons (Fsp3) is 0.667. The smallest absolute Gasteiger partial charge is 0.468 e. The molecule has 10 heteroatoms. The number of carbonyl (C=O) groups is 4. The topological polar surface area (TPSA) is 140 Å². The normalized spacial score (nSPS) is 14.1. The van der Waals surface area contributed by atoms with Crippen LogP contribution >= 0.6 is 0 Å². The average Bonchev–Trinajstić information content (AvgIpc) is 2.87. The number of esters is 3. The van der Waals surface area contributed by atoms with E-state index in [1.54, 1.807) is 40.7 Å². The van der Waals surface area contributed by atoms with Crippen molar-refractivity contribution in [3.05, 3.63) is 23.8 Å². The van der Waals surface area contributed by atoms with E-state index in [4.69, 9.17) is 29.4 Å². The van der Waals surface area contributed by atoms with E-state index in [2.05, 4.69) is 0 Å². The minimum atomic E-state index is -1.60. The molecule has 0 aliphatic heterocycles. The zero-order valence-electron chi connectivity index (χ0n) is 25.7. The lowest BCUT2D eigenvalue weighted by molar-refractivity contribution is -0.148. The van der Waals surface area contributed by atoms with Gasteiger partial charge in [0.1, 0.15) is 11.6 Å². The minimum absolute atomic E-state index is 0.0260. The molecule has 40 heavy (non-hydrogen) atoms. The van der Waals surface area contributed by atoms with Gasteiger partial charge in [0, 0.05) is 12.8 Å². The summed E-state index contributed by atoms with van der Waals surface area (Å²) in [4.78, 5) is 50.5. The first-order valence-electron chi connectivity index (χ1n) is 13.7. The fourth-order valence-electron chi connectivity index (χ4n) is 3.37. The van der Waals surface area contributed by atoms with Crippen LogP contribution in [0, 0.1) is 16.7 Å². The molecule has 0 fully saturated rings. The van der Waals surface area contributed by atoms with E-state index in [1.165, 1.54) is 19.2 Å². The highest BCUT2D eigenvalue weighted by Gasteiger charge is 2.39. The summed E-state index contributed by atoms with van der Waals surface area (Å²) in [5.41, 5.74) is 3.88. The van der Waals surface area contributed by atoms with Crippen LogP contribution in [-0.2, 0) is 35.0 Å². The predicted octanol–water partition coefficient (Wildman–Crippen LogP) is 5.37. The SMILES string of the molecule is CCC(C)(C)C(=O)Oc1ccc(CC(N)(C[C@H](C)OC(=O)OCC(C)C)C(=O)OC)cc1OC(=O)C(C)(C)CC. The minimum Gasteiger partial charge on any atom is -0.468 e. The van der Waals surface area contributed by atoms with Crippen molar-refractivity contribution in [3.8, 4) is 11.5 Å². The maximum atomic E-state index is 12.9. The highest BCUT2D eigenvalue weighted by molar-refractivity contribution is 5.82.